The fraction of sp³-hybridized carbons (Fsp3) is 0.833. The third-order valence-corrected chi connectivity index (χ3v) is 7.35. The maximum absolute atomic E-state index is 12.1. The van der Waals surface area contributed by atoms with Crippen molar-refractivity contribution in [2.75, 3.05) is 0 Å². The van der Waals surface area contributed by atoms with Gasteiger partial charge in [0.25, 0.3) is 0 Å². The Labute approximate surface area is 284 Å². The van der Waals surface area contributed by atoms with Crippen LogP contribution in [0.1, 0.15) is 144 Å². The number of amides is 4. The lowest BCUT2D eigenvalue weighted by Gasteiger charge is -2.32. The van der Waals surface area contributed by atoms with Gasteiger partial charge in [0.1, 0.15) is 0 Å². The van der Waals surface area contributed by atoms with Crippen LogP contribution in [0.3, 0.4) is 0 Å². The molecule has 0 spiro atoms. The van der Waals surface area contributed by atoms with Crippen LogP contribution in [0.15, 0.2) is 0 Å². The highest BCUT2D eigenvalue weighted by atomic mass is 16.4. The first-order chi connectivity index (χ1) is 20.4. The molecule has 1 aliphatic heterocycles. The molecule has 0 bridgehead atoms. The summed E-state index contributed by atoms with van der Waals surface area (Å²) in [5.41, 5.74) is -1.95. The predicted molar refractivity (Wildman–Crippen MR) is 185 cm³/mol. The highest BCUT2D eigenvalue weighted by Gasteiger charge is 2.48. The minimum Gasteiger partial charge on any atom is -0.481 e. The zero-order valence-electron chi connectivity index (χ0n) is 32.6. The number of carboxylic acids is 2. The van der Waals surface area contributed by atoms with Gasteiger partial charge in [0, 0.05) is 29.5 Å². The van der Waals surface area contributed by atoms with Crippen LogP contribution in [-0.2, 0) is 28.8 Å². The van der Waals surface area contributed by atoms with E-state index in [1.807, 2.05) is 125 Å². The third kappa shape index (κ3) is 18.2. The van der Waals surface area contributed by atoms with Gasteiger partial charge in [-0.1, -0.05) is 62.3 Å². The Kier molecular flexibility index (Phi) is 16.1. The molecule has 0 radical (unpaired) electrons. The molecule has 274 valence electrons. The highest BCUT2D eigenvalue weighted by molar-refractivity contribution is 6.04. The largest absolute Gasteiger partial charge is 0.481 e. The molecule has 47 heavy (non-hydrogen) atoms. The summed E-state index contributed by atoms with van der Waals surface area (Å²) in [5, 5.41) is 23.5. The van der Waals surface area contributed by atoms with Crippen molar-refractivity contribution in [1.29, 1.82) is 0 Å². The summed E-state index contributed by atoms with van der Waals surface area (Å²) in [5.74, 6) is -3.64. The van der Waals surface area contributed by atoms with Gasteiger partial charge in [0.2, 0.25) is 23.6 Å². The lowest BCUT2D eigenvalue weighted by molar-refractivity contribution is -0.148. The van der Waals surface area contributed by atoms with Gasteiger partial charge < -0.3 is 20.8 Å². The first-order valence-corrected chi connectivity index (χ1v) is 16.4. The maximum Gasteiger partial charge on any atom is 0.307 e. The molecule has 0 aliphatic carbocycles. The number of carboxylic acid groups (broad SMARTS) is 2. The molecule has 1 fully saturated rings. The van der Waals surface area contributed by atoms with E-state index >= 15 is 0 Å². The maximum atomic E-state index is 12.1. The SMILES string of the molecule is CC(C)(C)C1CC(=O)N(C(C)(C)C)C1=O.CC(C)(C)NC(=O)C(CC(=O)O)C(C)(C)C.CC(C)(C)NC(=O)CC(C(=O)O)C(C)(C)C. The summed E-state index contributed by atoms with van der Waals surface area (Å²) >= 11 is 0. The van der Waals surface area contributed by atoms with Gasteiger partial charge in [0.15, 0.2) is 0 Å². The lowest BCUT2D eigenvalue weighted by Crippen LogP contribution is -2.47. The number of rotatable bonds is 6. The van der Waals surface area contributed by atoms with Crippen LogP contribution in [0.25, 0.3) is 0 Å². The van der Waals surface area contributed by atoms with Crippen LogP contribution in [0.2, 0.25) is 0 Å². The zero-order chi connectivity index (χ0) is 38.3. The number of imide groups is 1. The van der Waals surface area contributed by atoms with Gasteiger partial charge in [-0.05, 0) is 78.6 Å². The van der Waals surface area contributed by atoms with Crippen molar-refractivity contribution < 1.29 is 39.0 Å². The van der Waals surface area contributed by atoms with E-state index in [9.17, 15) is 28.8 Å². The van der Waals surface area contributed by atoms with Crippen LogP contribution in [0.5, 0.6) is 0 Å². The van der Waals surface area contributed by atoms with E-state index in [0.29, 0.717) is 6.42 Å². The van der Waals surface area contributed by atoms with Gasteiger partial charge in [-0.25, -0.2) is 0 Å². The summed E-state index contributed by atoms with van der Waals surface area (Å²) in [6, 6.07) is 0. The molecular formula is C36H67N3O8. The van der Waals surface area contributed by atoms with E-state index in [1.54, 1.807) is 0 Å². The second kappa shape index (κ2) is 16.4. The number of nitrogens with zero attached hydrogens (tertiary/aromatic N) is 1. The van der Waals surface area contributed by atoms with Gasteiger partial charge in [-0.2, -0.15) is 0 Å². The fourth-order valence-corrected chi connectivity index (χ4v) is 4.86. The van der Waals surface area contributed by atoms with Crippen LogP contribution >= 0.6 is 0 Å². The fourth-order valence-electron chi connectivity index (χ4n) is 4.86. The van der Waals surface area contributed by atoms with Crippen molar-refractivity contribution in [3.05, 3.63) is 0 Å². The van der Waals surface area contributed by atoms with E-state index in [2.05, 4.69) is 10.6 Å². The van der Waals surface area contributed by atoms with Gasteiger partial charge in [0.05, 0.1) is 24.2 Å². The van der Waals surface area contributed by atoms with Crippen molar-refractivity contribution in [3.8, 4) is 0 Å². The lowest BCUT2D eigenvalue weighted by atomic mass is 9.78. The number of nitrogens with one attached hydrogen (secondary N) is 2. The Morgan fingerprint density at radius 2 is 1.09 bits per heavy atom. The van der Waals surface area contributed by atoms with Crippen LogP contribution in [0.4, 0.5) is 0 Å². The normalized spacial score (nSPS) is 17.4. The topological polar surface area (TPSA) is 170 Å². The molecule has 0 aromatic rings. The number of aliphatic carboxylic acids is 2. The summed E-state index contributed by atoms with van der Waals surface area (Å²) < 4.78 is 0. The Morgan fingerprint density at radius 1 is 0.681 bits per heavy atom. The molecule has 1 saturated heterocycles. The quantitative estimate of drug-likeness (QED) is 0.239. The first kappa shape index (κ1) is 46.1. The molecule has 0 aromatic heterocycles. The van der Waals surface area contributed by atoms with Crippen molar-refractivity contribution >= 4 is 35.6 Å². The molecule has 4 N–H and O–H groups in total. The molecule has 0 saturated carbocycles. The van der Waals surface area contributed by atoms with Gasteiger partial charge in [-0.3, -0.25) is 33.7 Å². The Bertz CT molecular complexity index is 1120. The second-order valence-electron chi connectivity index (χ2n) is 18.9. The average molecular weight is 670 g/mol. The van der Waals surface area contributed by atoms with E-state index in [0.717, 1.165) is 0 Å². The Balaban J connectivity index is 0. The van der Waals surface area contributed by atoms with Crippen LogP contribution in [-0.4, -0.2) is 67.3 Å². The number of carbonyl (C=O) groups is 6. The molecule has 1 rings (SSSR count). The van der Waals surface area contributed by atoms with Crippen molar-refractivity contribution in [2.45, 2.75) is 161 Å². The van der Waals surface area contributed by atoms with Crippen LogP contribution < -0.4 is 10.6 Å². The summed E-state index contributed by atoms with van der Waals surface area (Å²) in [7, 11) is 0. The van der Waals surface area contributed by atoms with Crippen LogP contribution in [0, 0.1) is 34.0 Å². The minimum atomic E-state index is -0.941. The Morgan fingerprint density at radius 3 is 1.32 bits per heavy atom. The van der Waals surface area contributed by atoms with Crippen molar-refractivity contribution in [2.24, 2.45) is 34.0 Å². The van der Waals surface area contributed by atoms with E-state index in [-0.39, 0.29) is 64.3 Å². The van der Waals surface area contributed by atoms with Gasteiger partial charge >= 0.3 is 11.9 Å². The number of hydrogen-bond acceptors (Lipinski definition) is 6. The van der Waals surface area contributed by atoms with Crippen molar-refractivity contribution in [1.82, 2.24) is 15.5 Å². The minimum absolute atomic E-state index is 0.0139. The third-order valence-electron chi connectivity index (χ3n) is 7.35. The number of carbonyl (C=O) groups excluding carboxylic acids is 4. The van der Waals surface area contributed by atoms with Crippen molar-refractivity contribution in [3.63, 3.8) is 0 Å². The zero-order valence-corrected chi connectivity index (χ0v) is 32.6. The summed E-state index contributed by atoms with van der Waals surface area (Å²) in [6.07, 6.45) is 0.251. The predicted octanol–water partition coefficient (Wildman–Crippen LogP) is 6.28. The standard InChI is InChI=1S/2C12H23NO3.C12H21NO2/c1-11(2,3)8(7-9(14)15)10(16)13-12(4,5)6;1-11(2,3)8(10(15)16)7-9(14)13-12(4,5)6;1-11(2,3)8-7-9(14)13(10(8)15)12(4,5)6/h8H,7H2,1-6H3,(H,13,16)(H,14,15);8H,7H2,1-6H3,(H,13,14)(H,15,16);8H,7H2,1-6H3. The monoisotopic (exact) mass is 669 g/mol. The second-order valence-corrected chi connectivity index (χ2v) is 18.9. The first-order valence-electron chi connectivity index (χ1n) is 16.4. The molecule has 4 amide bonds. The number of likely N-dealkylation sites (tertiary alicyclic amines) is 1. The molecule has 11 heteroatoms. The van der Waals surface area contributed by atoms with E-state index < -0.39 is 34.7 Å². The van der Waals surface area contributed by atoms with Gasteiger partial charge in [-0.15, -0.1) is 0 Å². The molecule has 0 aromatic carbocycles. The van der Waals surface area contributed by atoms with E-state index in [4.69, 9.17) is 10.2 Å². The molecule has 3 unspecified atom stereocenters. The molecule has 1 aliphatic rings. The highest BCUT2D eigenvalue weighted by Crippen LogP contribution is 2.38. The molecule has 3 atom stereocenters. The molecule has 11 nitrogen and oxygen atoms in total. The number of hydrogen-bond donors (Lipinski definition) is 4. The Hall–Kier alpha value is -2.98. The summed E-state index contributed by atoms with van der Waals surface area (Å²) in [4.78, 5) is 70.8. The molecule has 1 heterocycles. The summed E-state index contributed by atoms with van der Waals surface area (Å²) in [6.45, 7) is 34.1. The average Bonchev–Trinajstić information content (AvgIpc) is 3.07. The smallest absolute Gasteiger partial charge is 0.307 e. The van der Waals surface area contributed by atoms with E-state index in [1.165, 1.54) is 4.90 Å². The molecular weight excluding hydrogens is 602 g/mol.